The van der Waals surface area contributed by atoms with Crippen LogP contribution in [0.2, 0.25) is 5.02 Å². The summed E-state index contributed by atoms with van der Waals surface area (Å²) in [6.07, 6.45) is 0.719. The third-order valence-corrected chi connectivity index (χ3v) is 2.96. The fourth-order valence-corrected chi connectivity index (χ4v) is 1.84. The average molecular weight is 258 g/mol. The van der Waals surface area contributed by atoms with Gasteiger partial charge >= 0.3 is 0 Å². The Kier molecular flexibility index (Phi) is 5.09. The molecule has 1 rings (SSSR count). The topological polar surface area (TPSA) is 43.1 Å². The zero-order valence-electron chi connectivity index (χ0n) is 10.0. The van der Waals surface area contributed by atoms with Gasteiger partial charge in [-0.15, -0.1) is 0 Å². The number of nitrogens with two attached hydrogens (primary N) is 1. The summed E-state index contributed by atoms with van der Waals surface area (Å²) in [4.78, 5) is 11.8. The zero-order chi connectivity index (χ0) is 13.0. The molecule has 0 spiro atoms. The SMILES string of the molecule is CC(C)CC(N)C(=O)Cc1cccc(F)c1Cl. The summed E-state index contributed by atoms with van der Waals surface area (Å²) in [5.74, 6) is -0.252. The second-order valence-electron chi connectivity index (χ2n) is 4.59. The van der Waals surface area contributed by atoms with Crippen molar-refractivity contribution < 1.29 is 9.18 Å². The minimum Gasteiger partial charge on any atom is -0.321 e. The predicted molar refractivity (Wildman–Crippen MR) is 67.6 cm³/mol. The molecule has 1 aromatic rings. The molecular formula is C13H17ClFNO. The van der Waals surface area contributed by atoms with Gasteiger partial charge in [-0.3, -0.25) is 4.79 Å². The number of benzene rings is 1. The van der Waals surface area contributed by atoms with E-state index in [1.54, 1.807) is 6.07 Å². The average Bonchev–Trinajstić information content (AvgIpc) is 2.23. The van der Waals surface area contributed by atoms with E-state index in [1.807, 2.05) is 13.8 Å². The van der Waals surface area contributed by atoms with Crippen LogP contribution >= 0.6 is 11.6 Å². The first kappa shape index (κ1) is 14.1. The zero-order valence-corrected chi connectivity index (χ0v) is 10.8. The lowest BCUT2D eigenvalue weighted by atomic mass is 9.97. The van der Waals surface area contributed by atoms with Gasteiger partial charge in [-0.1, -0.05) is 37.6 Å². The molecule has 94 valence electrons. The van der Waals surface area contributed by atoms with E-state index in [-0.39, 0.29) is 17.2 Å². The van der Waals surface area contributed by atoms with Crippen LogP contribution < -0.4 is 5.73 Å². The largest absolute Gasteiger partial charge is 0.321 e. The second-order valence-corrected chi connectivity index (χ2v) is 4.97. The van der Waals surface area contributed by atoms with Gasteiger partial charge < -0.3 is 5.73 Å². The molecule has 0 radical (unpaired) electrons. The molecule has 0 heterocycles. The Balaban J connectivity index is 2.71. The van der Waals surface area contributed by atoms with Crippen molar-refractivity contribution in [2.75, 3.05) is 0 Å². The summed E-state index contributed by atoms with van der Waals surface area (Å²) in [7, 11) is 0. The van der Waals surface area contributed by atoms with E-state index in [0.717, 1.165) is 0 Å². The second kappa shape index (κ2) is 6.12. The summed E-state index contributed by atoms with van der Waals surface area (Å²) in [5.41, 5.74) is 6.26. The van der Waals surface area contributed by atoms with Crippen molar-refractivity contribution in [1.82, 2.24) is 0 Å². The van der Waals surface area contributed by atoms with Crippen LogP contribution in [0.3, 0.4) is 0 Å². The monoisotopic (exact) mass is 257 g/mol. The first-order valence-corrected chi connectivity index (χ1v) is 6.00. The molecule has 1 atom stereocenters. The molecule has 2 nitrogen and oxygen atoms in total. The maximum Gasteiger partial charge on any atom is 0.153 e. The molecule has 0 saturated heterocycles. The molecular weight excluding hydrogens is 241 g/mol. The van der Waals surface area contributed by atoms with E-state index < -0.39 is 11.9 Å². The molecule has 0 aromatic heterocycles. The molecule has 2 N–H and O–H groups in total. The third-order valence-electron chi connectivity index (χ3n) is 2.54. The molecule has 4 heteroatoms. The molecule has 0 aliphatic heterocycles. The Morgan fingerprint density at radius 3 is 2.71 bits per heavy atom. The Morgan fingerprint density at radius 1 is 1.47 bits per heavy atom. The Hall–Kier alpha value is -0.930. The van der Waals surface area contributed by atoms with E-state index in [2.05, 4.69) is 0 Å². The highest BCUT2D eigenvalue weighted by molar-refractivity contribution is 6.31. The lowest BCUT2D eigenvalue weighted by Crippen LogP contribution is -2.33. The van der Waals surface area contributed by atoms with Crippen molar-refractivity contribution in [1.29, 1.82) is 0 Å². The van der Waals surface area contributed by atoms with Crippen LogP contribution in [0.5, 0.6) is 0 Å². The molecule has 17 heavy (non-hydrogen) atoms. The number of halogens is 2. The summed E-state index contributed by atoms with van der Waals surface area (Å²) in [6, 6.07) is 3.95. The van der Waals surface area contributed by atoms with E-state index in [0.29, 0.717) is 17.9 Å². The smallest absolute Gasteiger partial charge is 0.153 e. The Labute approximate surface area is 106 Å². The van der Waals surface area contributed by atoms with Crippen LogP contribution in [0.25, 0.3) is 0 Å². The minimum absolute atomic E-state index is 0.0117. The third kappa shape index (κ3) is 4.10. The number of hydrogen-bond acceptors (Lipinski definition) is 2. The van der Waals surface area contributed by atoms with Gasteiger partial charge in [-0.2, -0.15) is 0 Å². The quantitative estimate of drug-likeness (QED) is 0.881. The van der Waals surface area contributed by atoms with Crippen LogP contribution in [0.15, 0.2) is 18.2 Å². The summed E-state index contributed by atoms with van der Waals surface area (Å²) < 4.78 is 13.2. The van der Waals surface area contributed by atoms with Gasteiger partial charge in [-0.05, 0) is 24.0 Å². The van der Waals surface area contributed by atoms with Crippen LogP contribution in [0.1, 0.15) is 25.8 Å². The van der Waals surface area contributed by atoms with Crippen LogP contribution in [-0.2, 0) is 11.2 Å². The van der Waals surface area contributed by atoms with Crippen LogP contribution in [0.4, 0.5) is 4.39 Å². The van der Waals surface area contributed by atoms with Gasteiger partial charge in [0, 0.05) is 6.42 Å². The van der Waals surface area contributed by atoms with E-state index in [1.165, 1.54) is 12.1 Å². The molecule has 0 aliphatic carbocycles. The number of carbonyl (C=O) groups is 1. The Morgan fingerprint density at radius 2 is 2.12 bits per heavy atom. The van der Waals surface area contributed by atoms with Crippen molar-refractivity contribution in [3.05, 3.63) is 34.6 Å². The normalized spacial score (nSPS) is 12.8. The number of ketones is 1. The summed E-state index contributed by atoms with van der Waals surface area (Å²) in [5, 5.41) is 0.0117. The van der Waals surface area contributed by atoms with Crippen LogP contribution in [0, 0.1) is 11.7 Å². The first-order chi connectivity index (χ1) is 7.91. The predicted octanol–water partition coefficient (Wildman–Crippen LogP) is 2.96. The number of hydrogen-bond donors (Lipinski definition) is 1. The molecule has 1 unspecified atom stereocenters. The van der Waals surface area contributed by atoms with Gasteiger partial charge in [0.15, 0.2) is 5.78 Å². The fraction of sp³-hybridized carbons (Fsp3) is 0.462. The maximum atomic E-state index is 13.2. The number of rotatable bonds is 5. The molecule has 0 fully saturated rings. The highest BCUT2D eigenvalue weighted by Crippen LogP contribution is 2.20. The minimum atomic E-state index is -0.505. The van der Waals surface area contributed by atoms with Gasteiger partial charge in [0.25, 0.3) is 0 Å². The molecule has 0 amide bonds. The molecule has 0 aliphatic rings. The lowest BCUT2D eigenvalue weighted by molar-refractivity contribution is -0.120. The van der Waals surface area contributed by atoms with Gasteiger partial charge in [0.05, 0.1) is 11.1 Å². The number of Topliss-reactive ketones (excluding diaryl/α,β-unsaturated/α-hetero) is 1. The Bertz CT molecular complexity index is 406. The van der Waals surface area contributed by atoms with E-state index in [4.69, 9.17) is 17.3 Å². The lowest BCUT2D eigenvalue weighted by Gasteiger charge is -2.13. The molecule has 1 aromatic carbocycles. The number of carbonyl (C=O) groups excluding carboxylic acids is 1. The summed E-state index contributed by atoms with van der Waals surface area (Å²) >= 11 is 5.78. The highest BCUT2D eigenvalue weighted by atomic mass is 35.5. The van der Waals surface area contributed by atoms with Crippen LogP contribution in [-0.4, -0.2) is 11.8 Å². The van der Waals surface area contributed by atoms with Gasteiger partial charge in [0.1, 0.15) is 5.82 Å². The highest BCUT2D eigenvalue weighted by Gasteiger charge is 2.17. The van der Waals surface area contributed by atoms with Crippen molar-refractivity contribution >= 4 is 17.4 Å². The van der Waals surface area contributed by atoms with Gasteiger partial charge in [0.2, 0.25) is 0 Å². The van der Waals surface area contributed by atoms with Crippen molar-refractivity contribution in [3.63, 3.8) is 0 Å². The van der Waals surface area contributed by atoms with Crippen molar-refractivity contribution in [2.45, 2.75) is 32.7 Å². The van der Waals surface area contributed by atoms with Crippen molar-refractivity contribution in [2.24, 2.45) is 11.7 Å². The molecule has 0 bridgehead atoms. The molecule has 0 saturated carbocycles. The first-order valence-electron chi connectivity index (χ1n) is 5.63. The summed E-state index contributed by atoms with van der Waals surface area (Å²) in [6.45, 7) is 4.00. The standard InChI is InChI=1S/C13H17ClFNO/c1-8(2)6-11(16)12(17)7-9-4-3-5-10(15)13(9)14/h3-5,8,11H,6-7,16H2,1-2H3. The fourth-order valence-electron chi connectivity index (χ4n) is 1.64. The van der Waals surface area contributed by atoms with E-state index in [9.17, 15) is 9.18 Å². The maximum absolute atomic E-state index is 13.2. The van der Waals surface area contributed by atoms with Crippen molar-refractivity contribution in [3.8, 4) is 0 Å². The van der Waals surface area contributed by atoms with Gasteiger partial charge in [-0.25, -0.2) is 4.39 Å². The van der Waals surface area contributed by atoms with E-state index >= 15 is 0 Å².